The highest BCUT2D eigenvalue weighted by Crippen LogP contribution is 2.03. The van der Waals surface area contributed by atoms with Gasteiger partial charge in [-0.25, -0.2) is 0 Å². The molecule has 0 N–H and O–H groups in total. The van der Waals surface area contributed by atoms with E-state index in [0.717, 1.165) is 17.7 Å². The molecule has 0 amide bonds. The standard InChI is InChI=1S/C13H13NO/c1-3-7-12(8-4-1)11-15-14-13-9-5-2-6-10-13/h1-9H,10-11H2/b14-13-. The van der Waals surface area contributed by atoms with Crippen LogP contribution in [0, 0.1) is 0 Å². The van der Waals surface area contributed by atoms with Gasteiger partial charge in [-0.15, -0.1) is 0 Å². The fraction of sp³-hybridized carbons (Fsp3) is 0.154. The Balaban J connectivity index is 1.84. The van der Waals surface area contributed by atoms with Gasteiger partial charge < -0.3 is 4.84 Å². The Labute approximate surface area is 89.6 Å². The third-order valence-electron chi connectivity index (χ3n) is 2.12. The van der Waals surface area contributed by atoms with E-state index in [0.29, 0.717) is 6.61 Å². The minimum Gasteiger partial charge on any atom is -0.391 e. The Bertz CT molecular complexity index is 390. The first-order chi connectivity index (χ1) is 7.45. The maximum Gasteiger partial charge on any atom is 0.142 e. The zero-order valence-electron chi connectivity index (χ0n) is 8.47. The lowest BCUT2D eigenvalue weighted by Gasteiger charge is -2.02. The van der Waals surface area contributed by atoms with E-state index >= 15 is 0 Å². The van der Waals surface area contributed by atoms with Crippen LogP contribution >= 0.6 is 0 Å². The molecule has 0 atom stereocenters. The summed E-state index contributed by atoms with van der Waals surface area (Å²) >= 11 is 0. The minimum absolute atomic E-state index is 0.530. The van der Waals surface area contributed by atoms with E-state index in [1.807, 2.05) is 48.6 Å². The Kier molecular flexibility index (Phi) is 3.34. The summed E-state index contributed by atoms with van der Waals surface area (Å²) in [6, 6.07) is 10.0. The molecule has 1 aliphatic carbocycles. The lowest BCUT2D eigenvalue weighted by Crippen LogP contribution is -1.96. The lowest BCUT2D eigenvalue weighted by atomic mass is 10.2. The molecular formula is C13H13NO. The molecular weight excluding hydrogens is 186 g/mol. The van der Waals surface area contributed by atoms with E-state index in [1.165, 1.54) is 0 Å². The van der Waals surface area contributed by atoms with Crippen LogP contribution in [0.4, 0.5) is 0 Å². The topological polar surface area (TPSA) is 21.6 Å². The Hall–Kier alpha value is -1.83. The summed E-state index contributed by atoms with van der Waals surface area (Å²) in [5.41, 5.74) is 2.10. The number of oxime groups is 1. The Morgan fingerprint density at radius 1 is 1.13 bits per heavy atom. The second kappa shape index (κ2) is 5.15. The van der Waals surface area contributed by atoms with Crippen molar-refractivity contribution in [2.24, 2.45) is 5.16 Å². The van der Waals surface area contributed by atoms with Crippen LogP contribution in [0.5, 0.6) is 0 Å². The summed E-state index contributed by atoms with van der Waals surface area (Å²) < 4.78 is 0. The van der Waals surface area contributed by atoms with Crippen molar-refractivity contribution in [3.8, 4) is 0 Å². The molecule has 0 saturated carbocycles. The van der Waals surface area contributed by atoms with E-state index in [4.69, 9.17) is 4.84 Å². The third kappa shape index (κ3) is 3.09. The molecule has 15 heavy (non-hydrogen) atoms. The first-order valence-electron chi connectivity index (χ1n) is 5.01. The number of hydrogen-bond donors (Lipinski definition) is 0. The largest absolute Gasteiger partial charge is 0.391 e. The Morgan fingerprint density at radius 3 is 2.73 bits per heavy atom. The van der Waals surface area contributed by atoms with Gasteiger partial charge in [0.25, 0.3) is 0 Å². The second-order valence-corrected chi connectivity index (χ2v) is 3.33. The van der Waals surface area contributed by atoms with E-state index in [9.17, 15) is 0 Å². The molecule has 1 aromatic carbocycles. The molecule has 0 heterocycles. The van der Waals surface area contributed by atoms with Gasteiger partial charge in [-0.3, -0.25) is 0 Å². The van der Waals surface area contributed by atoms with E-state index in [2.05, 4.69) is 11.2 Å². The zero-order valence-corrected chi connectivity index (χ0v) is 8.47. The Morgan fingerprint density at radius 2 is 2.00 bits per heavy atom. The van der Waals surface area contributed by atoms with Gasteiger partial charge in [0.1, 0.15) is 6.61 Å². The average molecular weight is 199 g/mol. The van der Waals surface area contributed by atoms with Crippen LogP contribution in [0.1, 0.15) is 12.0 Å². The minimum atomic E-state index is 0.530. The number of nitrogens with zero attached hydrogens (tertiary/aromatic N) is 1. The smallest absolute Gasteiger partial charge is 0.142 e. The van der Waals surface area contributed by atoms with E-state index in [-0.39, 0.29) is 0 Å². The van der Waals surface area contributed by atoms with Crippen molar-refractivity contribution in [3.05, 3.63) is 60.2 Å². The molecule has 0 aliphatic heterocycles. The maximum atomic E-state index is 5.26. The molecule has 0 spiro atoms. The van der Waals surface area contributed by atoms with Gasteiger partial charge in [0.15, 0.2) is 0 Å². The molecule has 1 aromatic rings. The molecule has 0 aromatic heterocycles. The molecule has 2 heteroatoms. The van der Waals surface area contributed by atoms with Gasteiger partial charge in [-0.05, 0) is 11.6 Å². The fourth-order valence-electron chi connectivity index (χ4n) is 1.33. The first-order valence-corrected chi connectivity index (χ1v) is 5.01. The molecule has 1 aliphatic rings. The molecule has 0 saturated heterocycles. The zero-order chi connectivity index (χ0) is 10.3. The van der Waals surface area contributed by atoms with Crippen molar-refractivity contribution >= 4 is 5.71 Å². The van der Waals surface area contributed by atoms with Crippen LogP contribution in [-0.4, -0.2) is 5.71 Å². The van der Waals surface area contributed by atoms with Gasteiger partial charge in [-0.2, -0.15) is 0 Å². The molecule has 2 rings (SSSR count). The van der Waals surface area contributed by atoms with Gasteiger partial charge in [-0.1, -0.05) is 53.7 Å². The maximum absolute atomic E-state index is 5.26. The van der Waals surface area contributed by atoms with Crippen molar-refractivity contribution in [2.45, 2.75) is 13.0 Å². The summed E-state index contributed by atoms with van der Waals surface area (Å²) in [5.74, 6) is 0. The van der Waals surface area contributed by atoms with Crippen molar-refractivity contribution < 1.29 is 4.84 Å². The second-order valence-electron chi connectivity index (χ2n) is 3.33. The molecule has 0 bridgehead atoms. The molecule has 0 radical (unpaired) electrons. The highest BCUT2D eigenvalue weighted by molar-refractivity contribution is 5.96. The summed E-state index contributed by atoms with van der Waals surface area (Å²) in [6.45, 7) is 0.530. The molecule has 2 nitrogen and oxygen atoms in total. The summed E-state index contributed by atoms with van der Waals surface area (Å²) in [5, 5.41) is 4.06. The van der Waals surface area contributed by atoms with Crippen LogP contribution in [0.15, 0.2) is 59.8 Å². The first kappa shape index (κ1) is 9.71. The van der Waals surface area contributed by atoms with E-state index < -0.39 is 0 Å². The summed E-state index contributed by atoms with van der Waals surface area (Å²) in [4.78, 5) is 5.26. The normalized spacial score (nSPS) is 16.9. The van der Waals surface area contributed by atoms with Crippen LogP contribution in [0.3, 0.4) is 0 Å². The van der Waals surface area contributed by atoms with Gasteiger partial charge >= 0.3 is 0 Å². The van der Waals surface area contributed by atoms with Crippen LogP contribution < -0.4 is 0 Å². The molecule has 0 fully saturated rings. The van der Waals surface area contributed by atoms with Crippen molar-refractivity contribution in [1.29, 1.82) is 0 Å². The number of benzene rings is 1. The average Bonchev–Trinajstić information content (AvgIpc) is 2.32. The van der Waals surface area contributed by atoms with Gasteiger partial charge in [0, 0.05) is 6.42 Å². The molecule has 0 unspecified atom stereocenters. The van der Waals surface area contributed by atoms with Crippen LogP contribution in [0.25, 0.3) is 0 Å². The van der Waals surface area contributed by atoms with E-state index in [1.54, 1.807) is 0 Å². The number of hydrogen-bond acceptors (Lipinski definition) is 2. The van der Waals surface area contributed by atoms with Crippen molar-refractivity contribution in [2.75, 3.05) is 0 Å². The highest BCUT2D eigenvalue weighted by Gasteiger charge is 1.96. The van der Waals surface area contributed by atoms with Crippen LogP contribution in [0.2, 0.25) is 0 Å². The monoisotopic (exact) mass is 199 g/mol. The molecule has 76 valence electrons. The highest BCUT2D eigenvalue weighted by atomic mass is 16.6. The van der Waals surface area contributed by atoms with Gasteiger partial charge in [0.05, 0.1) is 5.71 Å². The third-order valence-corrected chi connectivity index (χ3v) is 2.12. The van der Waals surface area contributed by atoms with Crippen LogP contribution in [-0.2, 0) is 11.4 Å². The fourth-order valence-corrected chi connectivity index (χ4v) is 1.33. The lowest BCUT2D eigenvalue weighted by molar-refractivity contribution is 0.130. The van der Waals surface area contributed by atoms with Crippen molar-refractivity contribution in [3.63, 3.8) is 0 Å². The number of rotatable bonds is 3. The predicted molar refractivity (Wildman–Crippen MR) is 61.6 cm³/mol. The van der Waals surface area contributed by atoms with Gasteiger partial charge in [0.2, 0.25) is 0 Å². The summed E-state index contributed by atoms with van der Waals surface area (Å²) in [6.07, 6.45) is 8.85. The SMILES string of the molecule is C1=CC/C(=N\OCc2ccccc2)C=C1. The van der Waals surface area contributed by atoms with Crippen molar-refractivity contribution in [1.82, 2.24) is 0 Å². The quantitative estimate of drug-likeness (QED) is 0.685. The predicted octanol–water partition coefficient (Wildman–Crippen LogP) is 3.08. The summed E-state index contributed by atoms with van der Waals surface area (Å²) in [7, 11) is 0. The number of allylic oxidation sites excluding steroid dienone is 4.